The first kappa shape index (κ1) is 23.0. The van der Waals surface area contributed by atoms with Gasteiger partial charge in [-0.2, -0.15) is 0 Å². The molecule has 0 aliphatic heterocycles. The Kier molecular flexibility index (Phi) is 11.2. The highest BCUT2D eigenvalue weighted by Crippen LogP contribution is 1.99. The van der Waals surface area contributed by atoms with Crippen molar-refractivity contribution >= 4 is 35.8 Å². The Balaban J connectivity index is 0.00000364. The van der Waals surface area contributed by atoms with Gasteiger partial charge >= 0.3 is 0 Å². The lowest BCUT2D eigenvalue weighted by Gasteiger charge is -2.14. The minimum Gasteiger partial charge on any atom is -0.356 e. The number of aliphatic imine (C=N–C) groups is 1. The summed E-state index contributed by atoms with van der Waals surface area (Å²) in [7, 11) is 3.48. The van der Waals surface area contributed by atoms with Crippen molar-refractivity contribution in [2.45, 2.75) is 12.8 Å². The molecule has 0 saturated carbocycles. The van der Waals surface area contributed by atoms with E-state index in [9.17, 15) is 4.79 Å². The minimum atomic E-state index is -0.0165. The Morgan fingerprint density at radius 1 is 0.852 bits per heavy atom. The molecule has 0 fully saturated rings. The first-order chi connectivity index (χ1) is 12.6. The number of likely N-dealkylation sites (N-methyl/N-ethyl adjacent to an activating group) is 1. The van der Waals surface area contributed by atoms with Gasteiger partial charge in [0.05, 0.1) is 0 Å². The molecular weight excluding hydrogens is 451 g/mol. The second kappa shape index (κ2) is 13.1. The number of carbonyl (C=O) groups excluding carboxylic acids is 1. The van der Waals surface area contributed by atoms with E-state index in [0.29, 0.717) is 5.96 Å². The van der Waals surface area contributed by atoms with E-state index in [-0.39, 0.29) is 36.4 Å². The number of hydrogen-bond donors (Lipinski definition) is 2. The number of nitrogens with one attached hydrogen (secondary N) is 2. The molecule has 0 aromatic heterocycles. The number of benzene rings is 2. The van der Waals surface area contributed by atoms with Crippen LogP contribution in [0.4, 0.5) is 0 Å². The molecule has 2 rings (SSSR count). The SMILES string of the molecule is CN(C)C(=O)CN=C(NCCc1ccccc1)NCCc1ccccc1.I. The summed E-state index contributed by atoms with van der Waals surface area (Å²) in [6.45, 7) is 1.66. The van der Waals surface area contributed by atoms with Crippen molar-refractivity contribution in [1.82, 2.24) is 15.5 Å². The predicted molar refractivity (Wildman–Crippen MR) is 123 cm³/mol. The van der Waals surface area contributed by atoms with Gasteiger partial charge in [0.2, 0.25) is 5.91 Å². The van der Waals surface area contributed by atoms with Crippen molar-refractivity contribution in [3.8, 4) is 0 Å². The van der Waals surface area contributed by atoms with E-state index in [2.05, 4.69) is 39.9 Å². The summed E-state index contributed by atoms with van der Waals surface area (Å²) in [4.78, 5) is 17.8. The summed E-state index contributed by atoms with van der Waals surface area (Å²) >= 11 is 0. The molecule has 0 bridgehead atoms. The molecule has 2 aromatic carbocycles. The van der Waals surface area contributed by atoms with Crippen molar-refractivity contribution in [1.29, 1.82) is 0 Å². The molecule has 0 spiro atoms. The molecule has 146 valence electrons. The van der Waals surface area contributed by atoms with Gasteiger partial charge in [-0.3, -0.25) is 4.79 Å². The molecule has 0 aliphatic carbocycles. The van der Waals surface area contributed by atoms with Crippen LogP contribution in [-0.2, 0) is 17.6 Å². The zero-order valence-corrected chi connectivity index (χ0v) is 18.4. The van der Waals surface area contributed by atoms with E-state index >= 15 is 0 Å². The van der Waals surface area contributed by atoms with E-state index in [4.69, 9.17) is 0 Å². The highest BCUT2D eigenvalue weighted by molar-refractivity contribution is 14.0. The Labute approximate surface area is 179 Å². The van der Waals surface area contributed by atoms with Crippen molar-refractivity contribution in [3.05, 3.63) is 71.8 Å². The number of nitrogens with zero attached hydrogens (tertiary/aromatic N) is 2. The van der Waals surface area contributed by atoms with Gasteiger partial charge < -0.3 is 15.5 Å². The number of halogens is 1. The lowest BCUT2D eigenvalue weighted by atomic mass is 10.1. The van der Waals surface area contributed by atoms with Crippen LogP contribution < -0.4 is 10.6 Å². The summed E-state index contributed by atoms with van der Waals surface area (Å²) in [6, 6.07) is 20.6. The van der Waals surface area contributed by atoms with Crippen LogP contribution in [0, 0.1) is 0 Å². The fraction of sp³-hybridized carbons (Fsp3) is 0.333. The highest BCUT2D eigenvalue weighted by atomic mass is 127. The summed E-state index contributed by atoms with van der Waals surface area (Å²) in [5.74, 6) is 0.657. The molecule has 5 nitrogen and oxygen atoms in total. The molecule has 6 heteroatoms. The Bertz CT molecular complexity index is 642. The maximum atomic E-state index is 11.8. The molecule has 2 N–H and O–H groups in total. The van der Waals surface area contributed by atoms with Gasteiger partial charge in [-0.25, -0.2) is 4.99 Å². The number of rotatable bonds is 8. The normalized spacial score (nSPS) is 9.70. The number of hydrogen-bond acceptors (Lipinski definition) is 2. The van der Waals surface area contributed by atoms with Crippen LogP contribution in [0.15, 0.2) is 65.7 Å². The van der Waals surface area contributed by atoms with Gasteiger partial charge in [0.25, 0.3) is 0 Å². The quantitative estimate of drug-likeness (QED) is 0.347. The van der Waals surface area contributed by atoms with E-state index in [1.54, 1.807) is 19.0 Å². The third-order valence-electron chi connectivity index (χ3n) is 3.97. The van der Waals surface area contributed by atoms with E-state index in [1.165, 1.54) is 11.1 Å². The smallest absolute Gasteiger partial charge is 0.243 e. The predicted octanol–water partition coefficient (Wildman–Crippen LogP) is 2.71. The zero-order chi connectivity index (χ0) is 18.6. The molecule has 27 heavy (non-hydrogen) atoms. The molecule has 0 heterocycles. The molecule has 1 amide bonds. The van der Waals surface area contributed by atoms with Crippen LogP contribution >= 0.6 is 24.0 Å². The second-order valence-corrected chi connectivity index (χ2v) is 6.28. The van der Waals surface area contributed by atoms with Crippen LogP contribution in [0.2, 0.25) is 0 Å². The van der Waals surface area contributed by atoms with Crippen LogP contribution in [-0.4, -0.2) is 50.5 Å². The average Bonchev–Trinajstić information content (AvgIpc) is 2.67. The lowest BCUT2D eigenvalue weighted by Crippen LogP contribution is -2.40. The van der Waals surface area contributed by atoms with Crippen LogP contribution in [0.3, 0.4) is 0 Å². The fourth-order valence-corrected chi connectivity index (χ4v) is 2.40. The zero-order valence-electron chi connectivity index (χ0n) is 16.0. The van der Waals surface area contributed by atoms with E-state index < -0.39 is 0 Å². The molecule has 0 atom stereocenters. The molecule has 0 aliphatic rings. The van der Waals surface area contributed by atoms with Gasteiger partial charge in [0, 0.05) is 27.2 Å². The molecule has 2 aromatic rings. The maximum absolute atomic E-state index is 11.8. The van der Waals surface area contributed by atoms with Crippen molar-refractivity contribution in [2.75, 3.05) is 33.7 Å². The Hall–Kier alpha value is -2.09. The minimum absolute atomic E-state index is 0. The van der Waals surface area contributed by atoms with Gasteiger partial charge in [-0.1, -0.05) is 60.7 Å². The van der Waals surface area contributed by atoms with Gasteiger partial charge in [-0.15, -0.1) is 24.0 Å². The van der Waals surface area contributed by atoms with Crippen LogP contribution in [0.1, 0.15) is 11.1 Å². The third kappa shape index (κ3) is 9.42. The van der Waals surface area contributed by atoms with Gasteiger partial charge in [-0.05, 0) is 24.0 Å². The first-order valence-electron chi connectivity index (χ1n) is 8.95. The second-order valence-electron chi connectivity index (χ2n) is 6.28. The number of carbonyl (C=O) groups is 1. The number of guanidine groups is 1. The lowest BCUT2D eigenvalue weighted by molar-refractivity contribution is -0.127. The van der Waals surface area contributed by atoms with E-state index in [0.717, 1.165) is 25.9 Å². The van der Waals surface area contributed by atoms with E-state index in [1.807, 2.05) is 36.4 Å². The van der Waals surface area contributed by atoms with Crippen LogP contribution in [0.5, 0.6) is 0 Å². The van der Waals surface area contributed by atoms with Crippen molar-refractivity contribution < 1.29 is 4.79 Å². The van der Waals surface area contributed by atoms with Gasteiger partial charge in [0.1, 0.15) is 6.54 Å². The summed E-state index contributed by atoms with van der Waals surface area (Å²) in [6.07, 6.45) is 1.81. The standard InChI is InChI=1S/C21H28N4O.HI/c1-25(2)20(26)17-24-21(22-15-13-18-9-5-3-6-10-18)23-16-14-19-11-7-4-8-12-19;/h3-12H,13-17H2,1-2H3,(H2,22,23,24);1H. The van der Waals surface area contributed by atoms with Gasteiger partial charge in [0.15, 0.2) is 5.96 Å². The number of amides is 1. The highest BCUT2D eigenvalue weighted by Gasteiger charge is 2.04. The molecule has 0 radical (unpaired) electrons. The first-order valence-corrected chi connectivity index (χ1v) is 8.95. The summed E-state index contributed by atoms with van der Waals surface area (Å²) < 4.78 is 0. The topological polar surface area (TPSA) is 56.7 Å². The largest absolute Gasteiger partial charge is 0.356 e. The summed E-state index contributed by atoms with van der Waals surface area (Å²) in [5.41, 5.74) is 2.54. The van der Waals surface area contributed by atoms with Crippen LogP contribution in [0.25, 0.3) is 0 Å². The van der Waals surface area contributed by atoms with Crippen molar-refractivity contribution in [3.63, 3.8) is 0 Å². The Morgan fingerprint density at radius 2 is 1.30 bits per heavy atom. The fourth-order valence-electron chi connectivity index (χ4n) is 2.40. The summed E-state index contributed by atoms with van der Waals surface area (Å²) in [5, 5.41) is 6.63. The molecule has 0 saturated heterocycles. The Morgan fingerprint density at radius 3 is 1.70 bits per heavy atom. The monoisotopic (exact) mass is 480 g/mol. The third-order valence-corrected chi connectivity index (χ3v) is 3.97. The average molecular weight is 480 g/mol. The molecule has 0 unspecified atom stereocenters. The van der Waals surface area contributed by atoms with Crippen molar-refractivity contribution in [2.24, 2.45) is 4.99 Å². The maximum Gasteiger partial charge on any atom is 0.243 e. The molecular formula is C21H29IN4O.